The molecular weight excluding hydrogens is 559 g/mol. The average Bonchev–Trinajstić information content (AvgIpc) is 3.42. The Morgan fingerprint density at radius 3 is 2.35 bits per heavy atom. The fourth-order valence-electron chi connectivity index (χ4n) is 4.58. The summed E-state index contributed by atoms with van der Waals surface area (Å²) in [6.45, 7) is 2.37. The summed E-state index contributed by atoms with van der Waals surface area (Å²) < 4.78 is 44.0. The molecule has 0 unspecified atom stereocenters. The van der Waals surface area contributed by atoms with Crippen molar-refractivity contribution in [2.24, 2.45) is 0 Å². The first kappa shape index (κ1) is 27.9. The van der Waals surface area contributed by atoms with E-state index >= 15 is 0 Å². The minimum Gasteiger partial charge on any atom is -0.368 e. The molecule has 3 aromatic carbocycles. The molecule has 1 aromatic heterocycles. The van der Waals surface area contributed by atoms with Crippen molar-refractivity contribution in [2.45, 2.75) is 19.1 Å². The van der Waals surface area contributed by atoms with Gasteiger partial charge in [-0.3, -0.25) is 4.79 Å². The summed E-state index contributed by atoms with van der Waals surface area (Å²) in [6.07, 6.45) is -3.84. The van der Waals surface area contributed by atoms with Crippen LogP contribution in [0.1, 0.15) is 22.5 Å². The molecule has 5 rings (SSSR count). The van der Waals surface area contributed by atoms with Crippen LogP contribution in [0.4, 0.5) is 24.0 Å². The lowest BCUT2D eigenvalue weighted by Gasteiger charge is -2.37. The van der Waals surface area contributed by atoms with E-state index in [9.17, 15) is 18.0 Å². The molecule has 1 saturated heterocycles. The van der Waals surface area contributed by atoms with Crippen LogP contribution in [-0.2, 0) is 23.9 Å². The minimum absolute atomic E-state index is 0.0610. The van der Waals surface area contributed by atoms with E-state index in [1.165, 1.54) is 17.6 Å². The summed E-state index contributed by atoms with van der Waals surface area (Å²) in [6, 6.07) is 22.7. The number of anilines is 2. The number of carbonyl (C=O) groups is 1. The molecule has 2 heterocycles. The van der Waals surface area contributed by atoms with E-state index in [1.807, 2.05) is 64.4 Å². The van der Waals surface area contributed by atoms with Gasteiger partial charge in [0.2, 0.25) is 11.0 Å². The predicted octanol–water partition coefficient (Wildman–Crippen LogP) is 6.16. The van der Waals surface area contributed by atoms with E-state index in [0.717, 1.165) is 23.3 Å². The number of rotatable bonds is 8. The highest BCUT2D eigenvalue weighted by Gasteiger charge is 2.31. The normalized spacial score (nSPS) is 13.9. The summed E-state index contributed by atoms with van der Waals surface area (Å²) in [7, 11) is 0. The summed E-state index contributed by atoms with van der Waals surface area (Å²) in [4.78, 5) is 23.7. The second-order valence-corrected chi connectivity index (χ2v) is 10.7. The SMILES string of the molecule is O=C(CN(Cc1ccccc1)c1nc(Cc2ccc(Cl)cc2)ns1)N1CCN(c2cccc(C(F)(F)F)c2)CC1. The van der Waals surface area contributed by atoms with Crippen LogP contribution in [0.25, 0.3) is 0 Å². The highest BCUT2D eigenvalue weighted by atomic mass is 35.5. The third kappa shape index (κ3) is 7.11. The van der Waals surface area contributed by atoms with Crippen molar-refractivity contribution in [3.8, 4) is 0 Å². The second kappa shape index (κ2) is 12.3. The van der Waals surface area contributed by atoms with Gasteiger partial charge < -0.3 is 14.7 Å². The lowest BCUT2D eigenvalue weighted by molar-refractivity contribution is -0.137. The Hall–Kier alpha value is -3.63. The standard InChI is InChI=1S/C29H27ClF3N5OS/c30-24-11-9-21(10-12-24)17-26-34-28(40-35-26)38(19-22-5-2-1-3-6-22)20-27(39)37-15-13-36(14-16-37)25-8-4-7-23(18-25)29(31,32)33/h1-12,18H,13-17,19-20H2. The van der Waals surface area contributed by atoms with Gasteiger partial charge in [-0.15, -0.1) is 0 Å². The van der Waals surface area contributed by atoms with Gasteiger partial charge in [0.1, 0.15) is 5.82 Å². The Bertz CT molecular complexity index is 1420. The van der Waals surface area contributed by atoms with Crippen LogP contribution >= 0.6 is 23.1 Å². The third-order valence-corrected chi connectivity index (χ3v) is 7.78. The van der Waals surface area contributed by atoms with E-state index in [2.05, 4.69) is 4.37 Å². The number of amides is 1. The Morgan fingerprint density at radius 2 is 1.65 bits per heavy atom. The molecule has 0 bridgehead atoms. The maximum atomic E-state index is 13.4. The number of carbonyl (C=O) groups excluding carboxylic acids is 1. The van der Waals surface area contributed by atoms with Crippen LogP contribution in [0.5, 0.6) is 0 Å². The zero-order chi connectivity index (χ0) is 28.1. The van der Waals surface area contributed by atoms with Crippen LogP contribution in [0, 0.1) is 0 Å². The lowest BCUT2D eigenvalue weighted by Crippen LogP contribution is -2.51. The molecule has 208 valence electrons. The third-order valence-electron chi connectivity index (χ3n) is 6.72. The van der Waals surface area contributed by atoms with Crippen molar-refractivity contribution in [1.29, 1.82) is 0 Å². The highest BCUT2D eigenvalue weighted by Crippen LogP contribution is 2.32. The fraction of sp³-hybridized carbons (Fsp3) is 0.276. The first-order chi connectivity index (χ1) is 19.2. The molecule has 0 radical (unpaired) electrons. The molecule has 0 atom stereocenters. The summed E-state index contributed by atoms with van der Waals surface area (Å²) in [5.41, 5.74) is 1.92. The van der Waals surface area contributed by atoms with Crippen LogP contribution in [-0.4, -0.2) is 52.9 Å². The highest BCUT2D eigenvalue weighted by molar-refractivity contribution is 7.09. The quantitative estimate of drug-likeness (QED) is 0.248. The number of benzene rings is 3. The summed E-state index contributed by atoms with van der Waals surface area (Å²) >= 11 is 7.25. The first-order valence-corrected chi connectivity index (χ1v) is 14.0. The molecule has 0 N–H and O–H groups in total. The predicted molar refractivity (Wildman–Crippen MR) is 152 cm³/mol. The molecule has 0 aliphatic carbocycles. The number of hydrogen-bond acceptors (Lipinski definition) is 6. The molecule has 11 heteroatoms. The van der Waals surface area contributed by atoms with Crippen LogP contribution < -0.4 is 9.80 Å². The van der Waals surface area contributed by atoms with Gasteiger partial charge in [0.05, 0.1) is 12.1 Å². The monoisotopic (exact) mass is 585 g/mol. The van der Waals surface area contributed by atoms with Gasteiger partial charge in [-0.1, -0.05) is 60.1 Å². The van der Waals surface area contributed by atoms with Crippen molar-refractivity contribution in [3.05, 3.63) is 106 Å². The van der Waals surface area contributed by atoms with Crippen molar-refractivity contribution in [1.82, 2.24) is 14.3 Å². The lowest BCUT2D eigenvalue weighted by atomic mass is 10.1. The molecule has 1 fully saturated rings. The molecular formula is C29H27ClF3N5OS. The molecule has 40 heavy (non-hydrogen) atoms. The molecule has 1 aliphatic rings. The van der Waals surface area contributed by atoms with Gasteiger partial charge in [0.25, 0.3) is 0 Å². The van der Waals surface area contributed by atoms with Gasteiger partial charge in [0.15, 0.2) is 0 Å². The van der Waals surface area contributed by atoms with Gasteiger partial charge in [-0.2, -0.15) is 17.5 Å². The number of alkyl halides is 3. The number of hydrogen-bond donors (Lipinski definition) is 0. The second-order valence-electron chi connectivity index (χ2n) is 9.55. The van der Waals surface area contributed by atoms with Crippen molar-refractivity contribution >= 4 is 39.9 Å². The molecule has 0 spiro atoms. The van der Waals surface area contributed by atoms with Crippen LogP contribution in [0.3, 0.4) is 0 Å². The smallest absolute Gasteiger partial charge is 0.368 e. The zero-order valence-corrected chi connectivity index (χ0v) is 23.1. The maximum Gasteiger partial charge on any atom is 0.416 e. The van der Waals surface area contributed by atoms with E-state index < -0.39 is 11.7 Å². The van der Waals surface area contributed by atoms with E-state index in [-0.39, 0.29) is 12.5 Å². The molecule has 1 amide bonds. The fourth-order valence-corrected chi connectivity index (χ4v) is 5.39. The average molecular weight is 586 g/mol. The number of halogens is 4. The van der Waals surface area contributed by atoms with Crippen molar-refractivity contribution in [3.63, 3.8) is 0 Å². The zero-order valence-electron chi connectivity index (χ0n) is 21.5. The van der Waals surface area contributed by atoms with Gasteiger partial charge in [-0.25, -0.2) is 4.98 Å². The van der Waals surface area contributed by atoms with Gasteiger partial charge >= 0.3 is 6.18 Å². The van der Waals surface area contributed by atoms with Crippen molar-refractivity contribution < 1.29 is 18.0 Å². The van der Waals surface area contributed by atoms with Gasteiger partial charge in [0, 0.05) is 61.4 Å². The first-order valence-electron chi connectivity index (χ1n) is 12.8. The Balaban J connectivity index is 1.25. The number of piperazine rings is 1. The van der Waals surface area contributed by atoms with Crippen LogP contribution in [0.2, 0.25) is 5.02 Å². The van der Waals surface area contributed by atoms with Gasteiger partial charge in [-0.05, 0) is 41.5 Å². The topological polar surface area (TPSA) is 52.6 Å². The Labute approximate surface area is 239 Å². The maximum absolute atomic E-state index is 13.4. The number of nitrogens with zero attached hydrogens (tertiary/aromatic N) is 5. The van der Waals surface area contributed by atoms with E-state index in [0.29, 0.717) is 60.8 Å². The largest absolute Gasteiger partial charge is 0.416 e. The molecule has 1 aliphatic heterocycles. The Kier molecular flexibility index (Phi) is 8.56. The minimum atomic E-state index is -4.39. The number of aromatic nitrogens is 2. The summed E-state index contributed by atoms with van der Waals surface area (Å²) in [5.74, 6) is 0.608. The summed E-state index contributed by atoms with van der Waals surface area (Å²) in [5, 5.41) is 1.32. The van der Waals surface area contributed by atoms with E-state index in [4.69, 9.17) is 16.6 Å². The molecule has 4 aromatic rings. The Morgan fingerprint density at radius 1 is 0.925 bits per heavy atom. The molecule has 0 saturated carbocycles. The molecule has 6 nitrogen and oxygen atoms in total. The van der Waals surface area contributed by atoms with Crippen LogP contribution in [0.15, 0.2) is 78.9 Å². The van der Waals surface area contributed by atoms with E-state index in [1.54, 1.807) is 11.0 Å². The van der Waals surface area contributed by atoms with Crippen molar-refractivity contribution in [2.75, 3.05) is 42.5 Å².